The third-order valence-electron chi connectivity index (χ3n) is 4.36. The van der Waals surface area contributed by atoms with Crippen LogP contribution >= 0.6 is 24.0 Å². The molecule has 1 aromatic rings. The molecular formula is C19H33IN4O. The zero-order valence-corrected chi connectivity index (χ0v) is 17.7. The standard InChI is InChI=1S/C19H32N4O.HI/c1-2-24-14-8-11-21-19(20)22-15-17-9-4-5-10-18(17)16-23-12-6-3-7-13-23;/h4-5,9-10H,2-3,6-8,11-16H2,1H3,(H3,20,21,22);1H. The number of nitrogens with one attached hydrogen (secondary N) is 1. The van der Waals surface area contributed by atoms with Gasteiger partial charge in [-0.05, 0) is 50.4 Å². The highest BCUT2D eigenvalue weighted by Gasteiger charge is 2.12. The van der Waals surface area contributed by atoms with Crippen LogP contribution in [0, 0.1) is 0 Å². The first-order chi connectivity index (χ1) is 11.8. The Morgan fingerprint density at radius 1 is 1.20 bits per heavy atom. The summed E-state index contributed by atoms with van der Waals surface area (Å²) in [5.74, 6) is 0.513. The fourth-order valence-electron chi connectivity index (χ4n) is 2.99. The van der Waals surface area contributed by atoms with Crippen molar-refractivity contribution < 1.29 is 4.74 Å². The molecule has 5 nitrogen and oxygen atoms in total. The maximum absolute atomic E-state index is 5.96. The van der Waals surface area contributed by atoms with E-state index < -0.39 is 0 Å². The van der Waals surface area contributed by atoms with Gasteiger partial charge in [0.25, 0.3) is 0 Å². The van der Waals surface area contributed by atoms with E-state index in [1.807, 2.05) is 6.92 Å². The number of ether oxygens (including phenoxy) is 1. The number of hydrogen-bond donors (Lipinski definition) is 2. The van der Waals surface area contributed by atoms with E-state index in [9.17, 15) is 0 Å². The fraction of sp³-hybridized carbons (Fsp3) is 0.632. The number of halogens is 1. The third kappa shape index (κ3) is 8.87. The molecule has 0 radical (unpaired) electrons. The van der Waals surface area contributed by atoms with Gasteiger partial charge in [0.15, 0.2) is 5.96 Å². The minimum absolute atomic E-state index is 0. The van der Waals surface area contributed by atoms with Crippen LogP contribution in [0.4, 0.5) is 0 Å². The normalized spacial score (nSPS) is 15.6. The summed E-state index contributed by atoms with van der Waals surface area (Å²) in [6.07, 6.45) is 4.95. The molecule has 0 spiro atoms. The van der Waals surface area contributed by atoms with Crippen LogP contribution in [0.3, 0.4) is 0 Å². The average molecular weight is 460 g/mol. The number of guanidine groups is 1. The first-order valence-electron chi connectivity index (χ1n) is 9.20. The molecule has 1 saturated heterocycles. The van der Waals surface area contributed by atoms with Gasteiger partial charge in [-0.25, -0.2) is 4.99 Å². The highest BCUT2D eigenvalue weighted by atomic mass is 127. The van der Waals surface area contributed by atoms with Crippen molar-refractivity contribution in [2.75, 3.05) is 32.8 Å². The van der Waals surface area contributed by atoms with Crippen LogP contribution in [0.2, 0.25) is 0 Å². The number of rotatable bonds is 9. The Hall–Kier alpha value is -0.860. The summed E-state index contributed by atoms with van der Waals surface area (Å²) in [4.78, 5) is 7.03. The van der Waals surface area contributed by atoms with Crippen LogP contribution in [0.15, 0.2) is 29.3 Å². The van der Waals surface area contributed by atoms with Gasteiger partial charge in [-0.1, -0.05) is 30.7 Å². The molecule has 0 saturated carbocycles. The molecule has 0 atom stereocenters. The molecule has 1 heterocycles. The molecule has 25 heavy (non-hydrogen) atoms. The number of aliphatic imine (C=N–C) groups is 1. The molecule has 6 heteroatoms. The van der Waals surface area contributed by atoms with Crippen molar-refractivity contribution in [3.8, 4) is 0 Å². The Balaban J connectivity index is 0.00000312. The molecule has 0 bridgehead atoms. The number of nitrogens with two attached hydrogens (primary N) is 1. The number of benzene rings is 1. The number of hydrogen-bond acceptors (Lipinski definition) is 3. The van der Waals surface area contributed by atoms with Gasteiger partial charge in [0.05, 0.1) is 6.54 Å². The lowest BCUT2D eigenvalue weighted by molar-refractivity contribution is 0.145. The van der Waals surface area contributed by atoms with E-state index in [0.717, 1.165) is 32.7 Å². The molecule has 2 rings (SSSR count). The van der Waals surface area contributed by atoms with Gasteiger partial charge in [-0.15, -0.1) is 24.0 Å². The third-order valence-corrected chi connectivity index (χ3v) is 4.36. The lowest BCUT2D eigenvalue weighted by Gasteiger charge is -2.27. The van der Waals surface area contributed by atoms with Gasteiger partial charge in [0, 0.05) is 26.3 Å². The largest absolute Gasteiger partial charge is 0.382 e. The molecule has 1 aromatic carbocycles. The van der Waals surface area contributed by atoms with E-state index in [2.05, 4.69) is 39.5 Å². The zero-order valence-electron chi connectivity index (χ0n) is 15.4. The second-order valence-electron chi connectivity index (χ2n) is 6.28. The summed E-state index contributed by atoms with van der Waals surface area (Å²) in [7, 11) is 0. The highest BCUT2D eigenvalue weighted by molar-refractivity contribution is 14.0. The van der Waals surface area contributed by atoms with Crippen molar-refractivity contribution in [3.63, 3.8) is 0 Å². The topological polar surface area (TPSA) is 62.9 Å². The van der Waals surface area contributed by atoms with E-state index in [4.69, 9.17) is 10.5 Å². The van der Waals surface area contributed by atoms with E-state index >= 15 is 0 Å². The molecule has 1 aliphatic rings. The maximum Gasteiger partial charge on any atom is 0.188 e. The predicted octanol–water partition coefficient (Wildman–Crippen LogP) is 3.12. The Bertz CT molecular complexity index is 504. The molecule has 0 aromatic heterocycles. The number of piperidine rings is 1. The summed E-state index contributed by atoms with van der Waals surface area (Å²) in [6, 6.07) is 8.56. The van der Waals surface area contributed by atoms with Crippen LogP contribution in [0.1, 0.15) is 43.7 Å². The highest BCUT2D eigenvalue weighted by Crippen LogP contribution is 2.16. The predicted molar refractivity (Wildman–Crippen MR) is 115 cm³/mol. The zero-order chi connectivity index (χ0) is 17.0. The summed E-state index contributed by atoms with van der Waals surface area (Å²) in [5.41, 5.74) is 8.59. The second-order valence-corrected chi connectivity index (χ2v) is 6.28. The smallest absolute Gasteiger partial charge is 0.188 e. The van der Waals surface area contributed by atoms with Gasteiger partial charge in [-0.2, -0.15) is 0 Å². The van der Waals surface area contributed by atoms with Crippen LogP contribution in [-0.4, -0.2) is 43.7 Å². The van der Waals surface area contributed by atoms with Crippen molar-refractivity contribution in [2.24, 2.45) is 10.7 Å². The molecule has 1 aliphatic heterocycles. The van der Waals surface area contributed by atoms with Gasteiger partial charge in [-0.3, -0.25) is 4.90 Å². The summed E-state index contributed by atoms with van der Waals surface area (Å²) >= 11 is 0. The van der Waals surface area contributed by atoms with E-state index in [-0.39, 0.29) is 24.0 Å². The van der Waals surface area contributed by atoms with Crippen LogP contribution in [0.5, 0.6) is 0 Å². The molecule has 142 valence electrons. The van der Waals surface area contributed by atoms with Crippen molar-refractivity contribution >= 4 is 29.9 Å². The SMILES string of the molecule is CCOCCCNC(N)=NCc1ccccc1CN1CCCCC1.I. The summed E-state index contributed by atoms with van der Waals surface area (Å²) in [6.45, 7) is 8.39. The molecule has 3 N–H and O–H groups in total. The van der Waals surface area contributed by atoms with Crippen molar-refractivity contribution in [2.45, 2.75) is 45.7 Å². The monoisotopic (exact) mass is 460 g/mol. The fourth-order valence-corrected chi connectivity index (χ4v) is 2.99. The van der Waals surface area contributed by atoms with Crippen LogP contribution < -0.4 is 11.1 Å². The molecule has 0 unspecified atom stereocenters. The minimum atomic E-state index is 0. The van der Waals surface area contributed by atoms with Crippen molar-refractivity contribution in [3.05, 3.63) is 35.4 Å². The lowest BCUT2D eigenvalue weighted by Crippen LogP contribution is -2.33. The maximum atomic E-state index is 5.96. The van der Waals surface area contributed by atoms with E-state index in [1.54, 1.807) is 0 Å². The van der Waals surface area contributed by atoms with E-state index in [0.29, 0.717) is 12.5 Å². The summed E-state index contributed by atoms with van der Waals surface area (Å²) in [5, 5.41) is 3.15. The number of nitrogens with zero attached hydrogens (tertiary/aromatic N) is 2. The van der Waals surface area contributed by atoms with Gasteiger partial charge in [0.2, 0.25) is 0 Å². The minimum Gasteiger partial charge on any atom is -0.382 e. The van der Waals surface area contributed by atoms with E-state index in [1.165, 1.54) is 43.5 Å². The Kier molecular flexibility index (Phi) is 11.9. The van der Waals surface area contributed by atoms with Crippen LogP contribution in [0.25, 0.3) is 0 Å². The Labute approximate surface area is 169 Å². The number of likely N-dealkylation sites (tertiary alicyclic amines) is 1. The summed E-state index contributed by atoms with van der Waals surface area (Å²) < 4.78 is 5.31. The van der Waals surface area contributed by atoms with Gasteiger partial charge >= 0.3 is 0 Å². The molecular weight excluding hydrogens is 427 g/mol. The molecule has 0 aliphatic carbocycles. The molecule has 1 fully saturated rings. The van der Waals surface area contributed by atoms with Gasteiger partial charge < -0.3 is 15.8 Å². The first kappa shape index (κ1) is 22.2. The van der Waals surface area contributed by atoms with Crippen LogP contribution in [-0.2, 0) is 17.8 Å². The average Bonchev–Trinajstić information content (AvgIpc) is 2.62. The van der Waals surface area contributed by atoms with Gasteiger partial charge in [0.1, 0.15) is 0 Å². The van der Waals surface area contributed by atoms with Crippen molar-refractivity contribution in [1.29, 1.82) is 0 Å². The Morgan fingerprint density at radius 2 is 1.92 bits per heavy atom. The lowest BCUT2D eigenvalue weighted by atomic mass is 10.1. The van der Waals surface area contributed by atoms with Crippen molar-refractivity contribution in [1.82, 2.24) is 10.2 Å². The molecule has 0 amide bonds. The second kappa shape index (κ2) is 13.4. The Morgan fingerprint density at radius 3 is 2.64 bits per heavy atom. The first-order valence-corrected chi connectivity index (χ1v) is 9.20. The quantitative estimate of drug-likeness (QED) is 0.257.